The van der Waals surface area contributed by atoms with Crippen LogP contribution in [0.25, 0.3) is 10.9 Å². The van der Waals surface area contributed by atoms with Crippen LogP contribution in [0.1, 0.15) is 26.5 Å². The fraction of sp³-hybridized carbons (Fsp3) is 0.409. The number of ether oxygens (including phenoxy) is 2. The number of hydrogen-bond acceptors (Lipinski definition) is 8. The summed E-state index contributed by atoms with van der Waals surface area (Å²) in [5.41, 5.74) is 0.497. The number of aromatic nitrogens is 2. The lowest BCUT2D eigenvalue weighted by molar-refractivity contribution is 0.0411. The summed E-state index contributed by atoms with van der Waals surface area (Å²) in [6.45, 7) is 3.61. The Bertz CT molecular complexity index is 1170. The highest BCUT2D eigenvalue weighted by Crippen LogP contribution is 2.44. The molecule has 0 N–H and O–H groups in total. The molecule has 5 rings (SSSR count). The van der Waals surface area contributed by atoms with Crippen molar-refractivity contribution in [2.45, 2.75) is 24.1 Å². The third-order valence-electron chi connectivity index (χ3n) is 5.90. The molecular formula is C22H22FN3O3S2. The van der Waals surface area contributed by atoms with Crippen LogP contribution in [0.4, 0.5) is 4.39 Å². The highest BCUT2D eigenvalue weighted by atomic mass is 32.2. The first-order valence-electron chi connectivity index (χ1n) is 10.0. The Morgan fingerprint density at radius 2 is 2.19 bits per heavy atom. The average Bonchev–Trinajstić information content (AvgIpc) is 3.36. The first-order chi connectivity index (χ1) is 15.0. The van der Waals surface area contributed by atoms with E-state index >= 15 is 0 Å². The topological polar surface area (TPSA) is 64.5 Å². The summed E-state index contributed by atoms with van der Waals surface area (Å²) in [5, 5.41) is 0.732. The van der Waals surface area contributed by atoms with Crippen LogP contribution in [-0.2, 0) is 4.74 Å². The van der Waals surface area contributed by atoms with Crippen LogP contribution in [0.5, 0.6) is 5.75 Å². The lowest BCUT2D eigenvalue weighted by atomic mass is 9.88. The van der Waals surface area contributed by atoms with Gasteiger partial charge in [-0.05, 0) is 38.2 Å². The molecule has 0 spiro atoms. The van der Waals surface area contributed by atoms with Gasteiger partial charge in [0.15, 0.2) is 17.3 Å². The third-order valence-corrected chi connectivity index (χ3v) is 8.06. The van der Waals surface area contributed by atoms with E-state index in [0.29, 0.717) is 33.2 Å². The van der Waals surface area contributed by atoms with Crippen LogP contribution in [0.15, 0.2) is 29.3 Å². The van der Waals surface area contributed by atoms with Gasteiger partial charge in [0, 0.05) is 23.4 Å². The summed E-state index contributed by atoms with van der Waals surface area (Å²) < 4.78 is 26.0. The zero-order valence-corrected chi connectivity index (χ0v) is 19.1. The lowest BCUT2D eigenvalue weighted by Crippen LogP contribution is -2.53. The normalized spacial score (nSPS) is 23.0. The minimum absolute atomic E-state index is 0.00881. The number of fused-ring (bicyclic) bond motifs is 2. The molecule has 2 aliphatic heterocycles. The van der Waals surface area contributed by atoms with Gasteiger partial charge in [0.1, 0.15) is 17.0 Å². The van der Waals surface area contributed by atoms with E-state index in [1.54, 1.807) is 19.1 Å². The molecule has 31 heavy (non-hydrogen) atoms. The molecule has 6 nitrogen and oxygen atoms in total. The zero-order chi connectivity index (χ0) is 21.7. The van der Waals surface area contributed by atoms with Crippen molar-refractivity contribution in [1.82, 2.24) is 14.9 Å². The molecule has 0 radical (unpaired) electrons. The van der Waals surface area contributed by atoms with Gasteiger partial charge in [-0.3, -0.25) is 9.69 Å². The number of hydrogen-bond donors (Lipinski definition) is 0. The molecular weight excluding hydrogens is 437 g/mol. The smallest absolute Gasteiger partial charge is 0.183 e. The number of thiophene rings is 1. The number of halogens is 1. The van der Waals surface area contributed by atoms with Crippen LogP contribution in [0, 0.1) is 18.7 Å². The number of carbonyl (C=O) groups is 1. The van der Waals surface area contributed by atoms with E-state index in [0.717, 1.165) is 18.0 Å². The van der Waals surface area contributed by atoms with Gasteiger partial charge < -0.3 is 9.47 Å². The molecule has 9 heteroatoms. The van der Waals surface area contributed by atoms with Crippen molar-refractivity contribution in [2.24, 2.45) is 5.92 Å². The van der Waals surface area contributed by atoms with E-state index in [9.17, 15) is 9.18 Å². The van der Waals surface area contributed by atoms with Crippen LogP contribution in [0.2, 0.25) is 0 Å². The van der Waals surface area contributed by atoms with Gasteiger partial charge in [-0.25, -0.2) is 14.4 Å². The molecule has 2 fully saturated rings. The summed E-state index contributed by atoms with van der Waals surface area (Å²) in [7, 11) is 3.53. The number of thioether (sulfide) groups is 1. The molecule has 0 amide bonds. The number of aryl methyl sites for hydroxylation is 1. The summed E-state index contributed by atoms with van der Waals surface area (Å²) in [5.74, 6) is 0.902. The maximum Gasteiger partial charge on any atom is 0.183 e. The van der Waals surface area contributed by atoms with E-state index in [-0.39, 0.29) is 28.8 Å². The van der Waals surface area contributed by atoms with Crippen molar-refractivity contribution in [2.75, 3.05) is 33.1 Å². The van der Waals surface area contributed by atoms with E-state index < -0.39 is 5.82 Å². The molecule has 0 bridgehead atoms. The molecule has 4 heterocycles. The number of nitrogens with zero attached hydrogens (tertiary/aromatic N) is 3. The maximum atomic E-state index is 14.9. The van der Waals surface area contributed by atoms with Crippen molar-refractivity contribution in [1.29, 1.82) is 0 Å². The highest BCUT2D eigenvalue weighted by Gasteiger charge is 2.48. The first-order valence-corrected chi connectivity index (χ1v) is 11.8. The SMILES string of the molecule is COc1ccc2nc(C)nc(SCC(=O)c3ccc(C4OCC5CN(C)[C@@H]54)s3)c2c1F. The van der Waals surface area contributed by atoms with E-state index in [2.05, 4.69) is 21.9 Å². The number of rotatable bonds is 6. The van der Waals surface area contributed by atoms with Gasteiger partial charge in [0.25, 0.3) is 0 Å². The van der Waals surface area contributed by atoms with Crippen molar-refractivity contribution in [3.8, 4) is 5.75 Å². The average molecular weight is 460 g/mol. The highest BCUT2D eigenvalue weighted by molar-refractivity contribution is 8.00. The Balaban J connectivity index is 1.34. The molecule has 2 unspecified atom stereocenters. The molecule has 0 saturated carbocycles. The standard InChI is InChI=1S/C22H22FN3O3S2/c1-11-24-13-4-5-15(28-3)19(23)18(13)22(25-11)30-10-14(27)16-6-7-17(31-16)21-20-12(9-29-21)8-26(20)2/h4-7,12,20-21H,8-10H2,1-3H3/t12?,20-,21?/m0/s1. The summed E-state index contributed by atoms with van der Waals surface area (Å²) >= 11 is 2.72. The van der Waals surface area contributed by atoms with Crippen molar-refractivity contribution >= 4 is 39.8 Å². The quantitative estimate of drug-likeness (QED) is 0.312. The maximum absolute atomic E-state index is 14.9. The molecule has 2 aliphatic rings. The molecule has 1 aromatic carbocycles. The number of benzene rings is 1. The summed E-state index contributed by atoms with van der Waals surface area (Å²) in [6, 6.07) is 7.52. The summed E-state index contributed by atoms with van der Waals surface area (Å²) in [6.07, 6.45) is 0.0398. The van der Waals surface area contributed by atoms with Crippen LogP contribution in [0.3, 0.4) is 0 Å². The molecule has 162 valence electrons. The molecule has 0 aliphatic carbocycles. The van der Waals surface area contributed by atoms with Gasteiger partial charge in [-0.15, -0.1) is 11.3 Å². The van der Waals surface area contributed by atoms with E-state index in [1.165, 1.54) is 30.2 Å². The van der Waals surface area contributed by atoms with Gasteiger partial charge in [0.05, 0.1) is 35.2 Å². The minimum atomic E-state index is -0.508. The second-order valence-corrected chi connectivity index (χ2v) is 9.99. The van der Waals surface area contributed by atoms with Crippen molar-refractivity contribution < 1.29 is 18.7 Å². The first kappa shape index (κ1) is 20.8. The van der Waals surface area contributed by atoms with Gasteiger partial charge in [0.2, 0.25) is 0 Å². The minimum Gasteiger partial charge on any atom is -0.494 e. The molecule has 2 saturated heterocycles. The Kier molecular flexibility index (Phi) is 5.45. The van der Waals surface area contributed by atoms with Gasteiger partial charge in [-0.2, -0.15) is 0 Å². The molecule has 2 aromatic heterocycles. The second-order valence-electron chi connectivity index (χ2n) is 7.91. The predicted octanol–water partition coefficient (Wildman–Crippen LogP) is 4.12. The number of Topliss-reactive ketones (excluding diaryl/α,β-unsaturated/α-hetero) is 1. The van der Waals surface area contributed by atoms with Crippen molar-refractivity contribution in [3.05, 3.63) is 45.7 Å². The van der Waals surface area contributed by atoms with Gasteiger partial charge >= 0.3 is 0 Å². The van der Waals surface area contributed by atoms with Gasteiger partial charge in [-0.1, -0.05) is 11.8 Å². The lowest BCUT2D eigenvalue weighted by Gasteiger charge is -2.42. The Labute approximate surface area is 187 Å². The molecule has 3 aromatic rings. The summed E-state index contributed by atoms with van der Waals surface area (Å²) in [4.78, 5) is 25.7. The zero-order valence-electron chi connectivity index (χ0n) is 17.4. The number of likely N-dealkylation sites (tertiary alicyclic amines) is 1. The Morgan fingerprint density at radius 3 is 2.97 bits per heavy atom. The fourth-order valence-electron chi connectivity index (χ4n) is 4.40. The van der Waals surface area contributed by atoms with E-state index in [4.69, 9.17) is 9.47 Å². The Hall–Kier alpha value is -2.07. The molecule has 3 atom stereocenters. The number of carbonyl (C=O) groups excluding carboxylic acids is 1. The Morgan fingerprint density at radius 1 is 1.35 bits per heavy atom. The number of likely N-dealkylation sites (N-methyl/N-ethyl adjacent to an activating group) is 1. The number of ketones is 1. The monoisotopic (exact) mass is 459 g/mol. The van der Waals surface area contributed by atoms with Crippen LogP contribution < -0.4 is 4.74 Å². The van der Waals surface area contributed by atoms with Crippen LogP contribution in [-0.4, -0.2) is 59.8 Å². The number of methoxy groups -OCH3 is 1. The third kappa shape index (κ3) is 3.63. The second kappa shape index (κ2) is 8.12. The predicted molar refractivity (Wildman–Crippen MR) is 119 cm³/mol. The largest absolute Gasteiger partial charge is 0.494 e. The van der Waals surface area contributed by atoms with Crippen LogP contribution >= 0.6 is 23.1 Å². The van der Waals surface area contributed by atoms with E-state index in [1.807, 2.05) is 12.1 Å². The fourth-order valence-corrected chi connectivity index (χ4v) is 6.48. The van der Waals surface area contributed by atoms with Crippen molar-refractivity contribution in [3.63, 3.8) is 0 Å².